The average molecular weight is 393 g/mol. The van der Waals surface area contributed by atoms with Gasteiger partial charge in [0.25, 0.3) is 0 Å². The second-order valence-electron chi connectivity index (χ2n) is 10.4. The van der Waals surface area contributed by atoms with Gasteiger partial charge in [-0.1, -0.05) is 19.8 Å². The summed E-state index contributed by atoms with van der Waals surface area (Å²) in [5.74, 6) is 0.747. The van der Waals surface area contributed by atoms with E-state index in [1.165, 1.54) is 51.4 Å². The molecule has 0 aromatic rings. The van der Waals surface area contributed by atoms with E-state index in [0.717, 1.165) is 58.4 Å². The molecule has 6 aliphatic rings. The van der Waals surface area contributed by atoms with Crippen LogP contribution in [0.4, 0.5) is 0 Å². The van der Waals surface area contributed by atoms with Crippen molar-refractivity contribution in [3.8, 4) is 0 Å². The van der Waals surface area contributed by atoms with Crippen LogP contribution in [0.5, 0.6) is 0 Å². The summed E-state index contributed by atoms with van der Waals surface area (Å²) in [6, 6.07) is 0.410. The van der Waals surface area contributed by atoms with E-state index in [0.29, 0.717) is 23.7 Å². The van der Waals surface area contributed by atoms with Crippen molar-refractivity contribution in [1.82, 2.24) is 10.2 Å². The predicted molar refractivity (Wildman–Crippen MR) is 110 cm³/mol. The molecule has 0 aromatic carbocycles. The Bertz CT molecular complexity index is 528. The summed E-state index contributed by atoms with van der Waals surface area (Å²) in [5, 5.41) is 3.82. The van der Waals surface area contributed by atoms with E-state index in [4.69, 9.17) is 14.2 Å². The molecule has 160 valence electrons. The quantitative estimate of drug-likeness (QED) is 0.687. The largest absolute Gasteiger partial charge is 0.378 e. The van der Waals surface area contributed by atoms with Gasteiger partial charge in [-0.2, -0.15) is 0 Å². The second-order valence-corrected chi connectivity index (χ2v) is 10.4. The Labute approximate surface area is 170 Å². The molecule has 5 nitrogen and oxygen atoms in total. The average Bonchev–Trinajstić information content (AvgIpc) is 3.05. The fraction of sp³-hybridized carbons (Fsp3) is 1.00. The highest BCUT2D eigenvalue weighted by Crippen LogP contribution is 2.49. The van der Waals surface area contributed by atoms with Crippen LogP contribution in [-0.4, -0.2) is 74.8 Å². The molecule has 1 N–H and O–H groups in total. The molecule has 0 amide bonds. The van der Waals surface area contributed by atoms with Gasteiger partial charge in [-0.05, 0) is 56.3 Å². The lowest BCUT2D eigenvalue weighted by atomic mass is 9.61. The minimum Gasteiger partial charge on any atom is -0.378 e. The molecule has 4 unspecified atom stereocenters. The molecular weight excluding hydrogens is 352 g/mol. The van der Waals surface area contributed by atoms with Crippen LogP contribution in [0.3, 0.4) is 0 Å². The van der Waals surface area contributed by atoms with Crippen molar-refractivity contribution in [1.29, 1.82) is 0 Å². The van der Waals surface area contributed by atoms with Gasteiger partial charge in [0.2, 0.25) is 0 Å². The van der Waals surface area contributed by atoms with Gasteiger partial charge in [0.1, 0.15) is 0 Å². The summed E-state index contributed by atoms with van der Waals surface area (Å²) in [6.07, 6.45) is 12.5. The van der Waals surface area contributed by atoms with Gasteiger partial charge < -0.3 is 19.5 Å². The number of rotatable bonds is 0. The lowest BCUT2D eigenvalue weighted by Crippen LogP contribution is -2.63. The topological polar surface area (TPSA) is 43.0 Å². The summed E-state index contributed by atoms with van der Waals surface area (Å²) >= 11 is 0. The third-order valence-corrected chi connectivity index (χ3v) is 8.88. The van der Waals surface area contributed by atoms with Crippen LogP contribution in [0.15, 0.2) is 0 Å². The summed E-state index contributed by atoms with van der Waals surface area (Å²) in [5.41, 5.74) is 0.532. The SMILES string of the molecule is CC12CCC(CC1)OCC1N(CCOC3CCCCC32)CCC12COCCN2. The van der Waals surface area contributed by atoms with E-state index in [2.05, 4.69) is 17.1 Å². The van der Waals surface area contributed by atoms with Crippen molar-refractivity contribution in [3.05, 3.63) is 0 Å². The standard InChI is InChI=1S/C23H40N2O3/c1-22-8-6-18(7-9-22)28-16-21-23(17-26-14-11-24-23)10-12-25(21)13-15-27-20-5-3-2-4-19(20)22/h18-21,24H,2-17H2,1H3. The maximum Gasteiger partial charge on any atom is 0.0665 e. The van der Waals surface area contributed by atoms with Crippen molar-refractivity contribution >= 4 is 0 Å². The molecule has 2 saturated carbocycles. The van der Waals surface area contributed by atoms with E-state index in [1.54, 1.807) is 0 Å². The first-order chi connectivity index (χ1) is 13.7. The van der Waals surface area contributed by atoms with Gasteiger partial charge in [0.05, 0.1) is 50.2 Å². The van der Waals surface area contributed by atoms with Gasteiger partial charge in [-0.3, -0.25) is 4.90 Å². The number of morpholine rings is 1. The molecule has 5 heteroatoms. The van der Waals surface area contributed by atoms with E-state index in [1.807, 2.05) is 0 Å². The first-order valence-electron chi connectivity index (χ1n) is 12.0. The fourth-order valence-corrected chi connectivity index (χ4v) is 7.03. The first-order valence-corrected chi connectivity index (χ1v) is 12.0. The zero-order valence-corrected chi connectivity index (χ0v) is 17.8. The van der Waals surface area contributed by atoms with E-state index in [9.17, 15) is 0 Å². The Kier molecular flexibility index (Phi) is 5.74. The van der Waals surface area contributed by atoms with Crippen LogP contribution in [0, 0.1) is 11.3 Å². The molecule has 2 bridgehead atoms. The summed E-state index contributed by atoms with van der Waals surface area (Å²) < 4.78 is 19.1. The normalized spacial score (nSPS) is 48.3. The molecule has 28 heavy (non-hydrogen) atoms. The molecule has 6 fully saturated rings. The first kappa shape index (κ1) is 19.7. The van der Waals surface area contributed by atoms with Crippen LogP contribution in [0.1, 0.15) is 64.7 Å². The number of nitrogens with zero attached hydrogens (tertiary/aromatic N) is 1. The molecule has 0 aromatic heterocycles. The number of hydrogen-bond acceptors (Lipinski definition) is 5. The van der Waals surface area contributed by atoms with E-state index < -0.39 is 0 Å². The third kappa shape index (κ3) is 3.66. The molecule has 4 saturated heterocycles. The number of nitrogens with one attached hydrogen (secondary N) is 1. The summed E-state index contributed by atoms with van der Waals surface area (Å²) in [7, 11) is 0. The van der Waals surface area contributed by atoms with Crippen LogP contribution in [0.2, 0.25) is 0 Å². The molecule has 4 heterocycles. The smallest absolute Gasteiger partial charge is 0.0665 e. The van der Waals surface area contributed by atoms with E-state index in [-0.39, 0.29) is 5.54 Å². The Morgan fingerprint density at radius 1 is 0.929 bits per heavy atom. The Morgan fingerprint density at radius 3 is 2.61 bits per heavy atom. The highest BCUT2D eigenvalue weighted by atomic mass is 16.5. The van der Waals surface area contributed by atoms with Crippen LogP contribution in [-0.2, 0) is 14.2 Å². The zero-order valence-electron chi connectivity index (χ0n) is 17.8. The Morgan fingerprint density at radius 2 is 1.79 bits per heavy atom. The van der Waals surface area contributed by atoms with Gasteiger partial charge >= 0.3 is 0 Å². The lowest BCUT2D eigenvalue weighted by molar-refractivity contribution is -0.0829. The molecular formula is C23H40N2O3. The van der Waals surface area contributed by atoms with Crippen LogP contribution >= 0.6 is 0 Å². The van der Waals surface area contributed by atoms with Crippen LogP contribution < -0.4 is 5.32 Å². The maximum absolute atomic E-state index is 6.62. The monoisotopic (exact) mass is 392 g/mol. The molecule has 2 aliphatic carbocycles. The zero-order chi connectivity index (χ0) is 19.0. The number of hydrogen-bond donors (Lipinski definition) is 1. The summed E-state index contributed by atoms with van der Waals surface area (Å²) in [6.45, 7) is 9.04. The Hall–Kier alpha value is -0.200. The fourth-order valence-electron chi connectivity index (χ4n) is 7.03. The van der Waals surface area contributed by atoms with Gasteiger partial charge in [-0.15, -0.1) is 0 Å². The third-order valence-electron chi connectivity index (χ3n) is 8.88. The second kappa shape index (κ2) is 8.14. The lowest BCUT2D eigenvalue weighted by Gasteiger charge is -2.48. The summed E-state index contributed by atoms with van der Waals surface area (Å²) in [4.78, 5) is 2.63. The predicted octanol–water partition coefficient (Wildman–Crippen LogP) is 2.97. The molecule has 4 aliphatic heterocycles. The molecule has 4 atom stereocenters. The van der Waals surface area contributed by atoms with Gasteiger partial charge in [0, 0.05) is 19.6 Å². The van der Waals surface area contributed by atoms with Crippen molar-refractivity contribution in [2.45, 2.75) is 88.5 Å². The highest BCUT2D eigenvalue weighted by Gasteiger charge is 2.49. The van der Waals surface area contributed by atoms with Gasteiger partial charge in [0.15, 0.2) is 0 Å². The molecule has 6 rings (SSSR count). The molecule has 0 radical (unpaired) electrons. The van der Waals surface area contributed by atoms with Crippen molar-refractivity contribution in [2.75, 3.05) is 46.1 Å². The number of fused-ring (bicyclic) bond motifs is 5. The van der Waals surface area contributed by atoms with Crippen molar-refractivity contribution in [3.63, 3.8) is 0 Å². The van der Waals surface area contributed by atoms with Crippen LogP contribution in [0.25, 0.3) is 0 Å². The molecule has 1 spiro atoms. The minimum atomic E-state index is 0.0784. The minimum absolute atomic E-state index is 0.0784. The highest BCUT2D eigenvalue weighted by molar-refractivity contribution is 5.07. The van der Waals surface area contributed by atoms with E-state index >= 15 is 0 Å². The Balaban J connectivity index is 1.35. The van der Waals surface area contributed by atoms with Crippen molar-refractivity contribution in [2.24, 2.45) is 11.3 Å². The van der Waals surface area contributed by atoms with Gasteiger partial charge in [-0.25, -0.2) is 0 Å². The maximum atomic E-state index is 6.62. The van der Waals surface area contributed by atoms with Crippen molar-refractivity contribution < 1.29 is 14.2 Å². The number of ether oxygens (including phenoxy) is 3.